The molecule has 0 spiro atoms. The van der Waals surface area contributed by atoms with Gasteiger partial charge in [0.05, 0.1) is 0 Å². The quantitative estimate of drug-likeness (QED) is 0.599. The number of hydrogen-bond donors (Lipinski definition) is 0. The van der Waals surface area contributed by atoms with Crippen LogP contribution in [0.2, 0.25) is 10.2 Å². The Morgan fingerprint density at radius 2 is 1.70 bits per heavy atom. The van der Waals surface area contributed by atoms with E-state index in [1.165, 1.54) is 6.07 Å². The number of hydrogen-bond acceptors (Lipinski definition) is 4. The van der Waals surface area contributed by atoms with E-state index in [1.807, 2.05) is 30.3 Å². The summed E-state index contributed by atoms with van der Waals surface area (Å²) in [6.07, 6.45) is 0. The Balaban J connectivity index is 1.73. The zero-order chi connectivity index (χ0) is 16.1. The van der Waals surface area contributed by atoms with E-state index in [9.17, 15) is 0 Å². The summed E-state index contributed by atoms with van der Waals surface area (Å²) in [6.45, 7) is 0.380. The Labute approximate surface area is 143 Å². The Morgan fingerprint density at radius 1 is 0.870 bits per heavy atom. The molecule has 0 fully saturated rings. The van der Waals surface area contributed by atoms with Gasteiger partial charge in [0.15, 0.2) is 0 Å². The first-order valence-electron chi connectivity index (χ1n) is 6.84. The van der Waals surface area contributed by atoms with Crippen LogP contribution in [0.1, 0.15) is 5.56 Å². The highest BCUT2D eigenvalue weighted by Gasteiger charge is 2.07. The molecular formula is C17H12Cl2N2O2. The number of aromatic nitrogens is 2. The molecule has 6 heteroatoms. The van der Waals surface area contributed by atoms with Gasteiger partial charge in [-0.05, 0) is 23.8 Å². The molecule has 0 atom stereocenters. The van der Waals surface area contributed by atoms with Crippen LogP contribution in [-0.4, -0.2) is 9.97 Å². The lowest BCUT2D eigenvalue weighted by Gasteiger charge is -2.08. The molecule has 0 unspecified atom stereocenters. The molecule has 0 aliphatic rings. The van der Waals surface area contributed by atoms with Crippen molar-refractivity contribution >= 4 is 23.2 Å². The molecule has 0 aliphatic heterocycles. The fourth-order valence-corrected chi connectivity index (χ4v) is 2.21. The van der Waals surface area contributed by atoms with Gasteiger partial charge in [-0.25, -0.2) is 0 Å². The monoisotopic (exact) mass is 346 g/mol. The normalized spacial score (nSPS) is 10.3. The highest BCUT2D eigenvalue weighted by atomic mass is 35.5. The molecule has 23 heavy (non-hydrogen) atoms. The van der Waals surface area contributed by atoms with Crippen molar-refractivity contribution < 1.29 is 9.47 Å². The van der Waals surface area contributed by atoms with Gasteiger partial charge >= 0.3 is 6.01 Å². The molecule has 2 aromatic carbocycles. The van der Waals surface area contributed by atoms with Gasteiger partial charge < -0.3 is 9.47 Å². The Morgan fingerprint density at radius 3 is 2.48 bits per heavy atom. The van der Waals surface area contributed by atoms with Crippen molar-refractivity contribution in [2.24, 2.45) is 0 Å². The minimum absolute atomic E-state index is 0.0998. The van der Waals surface area contributed by atoms with Crippen molar-refractivity contribution in [1.29, 1.82) is 0 Å². The van der Waals surface area contributed by atoms with Gasteiger partial charge in [-0.2, -0.15) is 9.97 Å². The first-order chi connectivity index (χ1) is 11.2. The maximum atomic E-state index is 5.99. The largest absolute Gasteiger partial charge is 0.473 e. The van der Waals surface area contributed by atoms with Crippen molar-refractivity contribution in [3.63, 3.8) is 0 Å². The van der Waals surface area contributed by atoms with Crippen LogP contribution in [0.4, 0.5) is 0 Å². The van der Waals surface area contributed by atoms with Crippen LogP contribution in [0.25, 0.3) is 0 Å². The Hall–Kier alpha value is -2.30. The molecule has 1 heterocycles. The second-order valence-electron chi connectivity index (χ2n) is 4.65. The molecule has 0 amide bonds. The van der Waals surface area contributed by atoms with Crippen molar-refractivity contribution in [2.45, 2.75) is 6.61 Å². The van der Waals surface area contributed by atoms with Crippen molar-refractivity contribution in [3.8, 4) is 17.6 Å². The van der Waals surface area contributed by atoms with Gasteiger partial charge in [-0.15, -0.1) is 0 Å². The number of ether oxygens (including phenoxy) is 2. The molecule has 0 aliphatic carbocycles. The lowest BCUT2D eigenvalue weighted by molar-refractivity contribution is 0.287. The van der Waals surface area contributed by atoms with Crippen LogP contribution >= 0.6 is 23.2 Å². The second kappa shape index (κ2) is 7.31. The summed E-state index contributed by atoms with van der Waals surface area (Å²) in [6, 6.07) is 18.3. The van der Waals surface area contributed by atoms with E-state index in [0.717, 1.165) is 5.56 Å². The molecule has 0 saturated carbocycles. The van der Waals surface area contributed by atoms with Crippen molar-refractivity contribution in [1.82, 2.24) is 9.97 Å². The molecule has 4 nitrogen and oxygen atoms in total. The Kier molecular flexibility index (Phi) is 4.95. The predicted octanol–water partition coefficient (Wildman–Crippen LogP) is 5.15. The van der Waals surface area contributed by atoms with E-state index < -0.39 is 0 Å². The van der Waals surface area contributed by atoms with E-state index in [0.29, 0.717) is 23.3 Å². The van der Waals surface area contributed by atoms with Gasteiger partial charge in [-0.1, -0.05) is 59.6 Å². The fraction of sp³-hybridized carbons (Fsp3) is 0.0588. The third-order valence-electron chi connectivity index (χ3n) is 2.89. The summed E-state index contributed by atoms with van der Waals surface area (Å²) in [5, 5.41) is 0.796. The summed E-state index contributed by atoms with van der Waals surface area (Å²) in [7, 11) is 0. The molecule has 0 radical (unpaired) electrons. The minimum atomic E-state index is 0.0998. The van der Waals surface area contributed by atoms with Gasteiger partial charge in [-0.3, -0.25) is 0 Å². The third kappa shape index (κ3) is 4.58. The Bertz CT molecular complexity index is 798. The van der Waals surface area contributed by atoms with Crippen LogP contribution in [0, 0.1) is 0 Å². The average molecular weight is 347 g/mol. The fourth-order valence-electron chi connectivity index (χ4n) is 1.86. The van der Waals surface area contributed by atoms with E-state index in [-0.39, 0.29) is 11.2 Å². The SMILES string of the molecule is Clc1cccc(Oc2nc(Cl)cc(OCc3ccccc3)n2)c1. The summed E-state index contributed by atoms with van der Waals surface area (Å²) >= 11 is 11.9. The number of halogens is 2. The van der Waals surface area contributed by atoms with Crippen LogP contribution in [-0.2, 0) is 6.61 Å². The second-order valence-corrected chi connectivity index (χ2v) is 5.47. The van der Waals surface area contributed by atoms with Gasteiger partial charge in [0.25, 0.3) is 0 Å². The third-order valence-corrected chi connectivity index (χ3v) is 3.31. The molecule has 3 rings (SSSR count). The highest BCUT2D eigenvalue weighted by molar-refractivity contribution is 6.30. The highest BCUT2D eigenvalue weighted by Crippen LogP contribution is 2.25. The molecule has 116 valence electrons. The summed E-state index contributed by atoms with van der Waals surface area (Å²) in [5.74, 6) is 0.861. The van der Waals surface area contributed by atoms with E-state index >= 15 is 0 Å². The van der Waals surface area contributed by atoms with Crippen LogP contribution < -0.4 is 9.47 Å². The lowest BCUT2D eigenvalue weighted by Crippen LogP contribution is -2.00. The number of nitrogens with zero attached hydrogens (tertiary/aromatic N) is 2. The lowest BCUT2D eigenvalue weighted by atomic mass is 10.2. The summed E-state index contributed by atoms with van der Waals surface area (Å²) < 4.78 is 11.2. The topological polar surface area (TPSA) is 44.2 Å². The predicted molar refractivity (Wildman–Crippen MR) is 89.3 cm³/mol. The van der Waals surface area contributed by atoms with Crippen LogP contribution in [0.5, 0.6) is 17.6 Å². The number of benzene rings is 2. The molecule has 0 bridgehead atoms. The van der Waals surface area contributed by atoms with Gasteiger partial charge in [0.2, 0.25) is 5.88 Å². The smallest absolute Gasteiger partial charge is 0.326 e. The maximum absolute atomic E-state index is 5.99. The summed E-state index contributed by atoms with van der Waals surface area (Å²) in [5.41, 5.74) is 1.03. The van der Waals surface area contributed by atoms with Crippen LogP contribution in [0.3, 0.4) is 0 Å². The van der Waals surface area contributed by atoms with Crippen molar-refractivity contribution in [2.75, 3.05) is 0 Å². The molecule has 0 saturated heterocycles. The molecule has 1 aromatic heterocycles. The van der Waals surface area contributed by atoms with E-state index in [1.54, 1.807) is 24.3 Å². The zero-order valence-electron chi connectivity index (χ0n) is 11.9. The van der Waals surface area contributed by atoms with Crippen molar-refractivity contribution in [3.05, 3.63) is 76.4 Å². The maximum Gasteiger partial charge on any atom is 0.326 e. The van der Waals surface area contributed by atoms with Gasteiger partial charge in [0.1, 0.15) is 17.5 Å². The molecule has 3 aromatic rings. The zero-order valence-corrected chi connectivity index (χ0v) is 13.5. The summed E-state index contributed by atoms with van der Waals surface area (Å²) in [4.78, 5) is 8.21. The average Bonchev–Trinajstić information content (AvgIpc) is 2.53. The number of rotatable bonds is 5. The minimum Gasteiger partial charge on any atom is -0.473 e. The van der Waals surface area contributed by atoms with Crippen LogP contribution in [0.15, 0.2) is 60.7 Å². The first-order valence-corrected chi connectivity index (χ1v) is 7.59. The molecular weight excluding hydrogens is 335 g/mol. The first kappa shape index (κ1) is 15.6. The van der Waals surface area contributed by atoms with E-state index in [2.05, 4.69) is 9.97 Å². The van der Waals surface area contributed by atoms with E-state index in [4.69, 9.17) is 32.7 Å². The standard InChI is InChI=1S/C17H12Cl2N2O2/c18-13-7-4-8-14(9-13)23-17-20-15(19)10-16(21-17)22-11-12-5-2-1-3-6-12/h1-10H,11H2. The molecule has 0 N–H and O–H groups in total. The van der Waals surface area contributed by atoms with Gasteiger partial charge in [0, 0.05) is 11.1 Å².